The van der Waals surface area contributed by atoms with Gasteiger partial charge in [-0.15, -0.1) is 0 Å². The first kappa shape index (κ1) is 8.05. The number of hydrogen-bond acceptors (Lipinski definition) is 3. The van der Waals surface area contributed by atoms with E-state index in [2.05, 4.69) is 12.2 Å². The summed E-state index contributed by atoms with van der Waals surface area (Å²) in [7, 11) is 0. The number of nitrogens with one attached hydrogen (secondary N) is 1. The molecule has 1 N–H and O–H groups in total. The zero-order valence-corrected chi connectivity index (χ0v) is 7.54. The van der Waals surface area contributed by atoms with Crippen LogP contribution >= 0.6 is 0 Å². The minimum atomic E-state index is -0.00407. The van der Waals surface area contributed by atoms with E-state index in [9.17, 15) is 4.79 Å². The lowest BCUT2D eigenvalue weighted by Gasteiger charge is -2.32. The Labute approximate surface area is 72.5 Å². The molecule has 12 heavy (non-hydrogen) atoms. The van der Waals surface area contributed by atoms with Gasteiger partial charge in [-0.25, -0.2) is 0 Å². The highest BCUT2D eigenvalue weighted by atomic mass is 16.5. The summed E-state index contributed by atoms with van der Waals surface area (Å²) < 4.78 is 5.00. The molecule has 2 heterocycles. The Kier molecular flexibility index (Phi) is 1.83. The quantitative estimate of drug-likeness (QED) is 0.613. The summed E-state index contributed by atoms with van der Waals surface area (Å²) in [6.07, 6.45) is 1.16. The molecule has 0 amide bonds. The summed E-state index contributed by atoms with van der Waals surface area (Å²) in [6.45, 7) is 4.50. The van der Waals surface area contributed by atoms with Crippen molar-refractivity contribution in [3.8, 4) is 0 Å². The van der Waals surface area contributed by atoms with E-state index < -0.39 is 0 Å². The van der Waals surface area contributed by atoms with Crippen LogP contribution in [0, 0.1) is 11.8 Å². The molecule has 0 aromatic carbocycles. The molecule has 3 heteroatoms. The molecule has 3 aliphatic rings. The van der Waals surface area contributed by atoms with E-state index >= 15 is 0 Å². The van der Waals surface area contributed by atoms with Gasteiger partial charge in [-0.05, 0) is 26.2 Å². The lowest BCUT2D eigenvalue weighted by Crippen LogP contribution is -2.43. The largest absolute Gasteiger partial charge is 0.466 e. The van der Waals surface area contributed by atoms with Crippen LogP contribution in [0.15, 0.2) is 0 Å². The summed E-state index contributed by atoms with van der Waals surface area (Å²) in [5.74, 6) is 0.685. The van der Waals surface area contributed by atoms with E-state index in [0.717, 1.165) is 6.42 Å². The molecule has 0 aromatic rings. The Morgan fingerprint density at radius 2 is 2.42 bits per heavy atom. The SMILES string of the molecule is CCOC(=O)[C@@H]1[C@H]2C[C@@H]1N[C@H]2C. The number of ether oxygens (including phenoxy) is 1. The highest BCUT2D eigenvalue weighted by Crippen LogP contribution is 2.44. The maximum Gasteiger partial charge on any atom is 0.310 e. The molecule has 4 atom stereocenters. The average molecular weight is 169 g/mol. The van der Waals surface area contributed by atoms with Gasteiger partial charge in [-0.3, -0.25) is 4.79 Å². The Morgan fingerprint density at radius 3 is 2.83 bits per heavy atom. The molecule has 1 aliphatic carbocycles. The summed E-state index contributed by atoms with van der Waals surface area (Å²) in [6, 6.07) is 0.911. The third-order valence-corrected chi connectivity index (χ3v) is 3.10. The van der Waals surface area contributed by atoms with Gasteiger partial charge in [0.1, 0.15) is 0 Å². The molecule has 0 unspecified atom stereocenters. The van der Waals surface area contributed by atoms with Crippen LogP contribution in [0.1, 0.15) is 20.3 Å². The smallest absolute Gasteiger partial charge is 0.310 e. The lowest BCUT2D eigenvalue weighted by atomic mass is 9.72. The molecule has 2 bridgehead atoms. The molecule has 3 rings (SSSR count). The molecule has 0 aromatic heterocycles. The van der Waals surface area contributed by atoms with Crippen molar-refractivity contribution < 1.29 is 9.53 Å². The van der Waals surface area contributed by atoms with Crippen molar-refractivity contribution in [1.29, 1.82) is 0 Å². The van der Waals surface area contributed by atoms with Gasteiger partial charge in [0, 0.05) is 12.1 Å². The van der Waals surface area contributed by atoms with E-state index in [4.69, 9.17) is 4.74 Å². The molecule has 3 fully saturated rings. The fourth-order valence-corrected chi connectivity index (χ4v) is 2.41. The molecule has 68 valence electrons. The highest BCUT2D eigenvalue weighted by molar-refractivity contribution is 5.75. The fraction of sp³-hybridized carbons (Fsp3) is 0.889. The number of hydrogen-bond donors (Lipinski definition) is 1. The zero-order chi connectivity index (χ0) is 8.72. The van der Waals surface area contributed by atoms with Crippen LogP contribution in [0.3, 0.4) is 0 Å². The van der Waals surface area contributed by atoms with Crippen molar-refractivity contribution in [2.75, 3.05) is 6.61 Å². The van der Waals surface area contributed by atoms with Gasteiger partial charge < -0.3 is 10.1 Å². The van der Waals surface area contributed by atoms with Crippen molar-refractivity contribution in [2.24, 2.45) is 11.8 Å². The van der Waals surface area contributed by atoms with Crippen molar-refractivity contribution >= 4 is 5.97 Å². The highest BCUT2D eigenvalue weighted by Gasteiger charge is 2.55. The normalized spacial score (nSPS) is 43.8. The van der Waals surface area contributed by atoms with Crippen molar-refractivity contribution in [3.63, 3.8) is 0 Å². The van der Waals surface area contributed by atoms with Crippen molar-refractivity contribution in [2.45, 2.75) is 32.4 Å². The van der Waals surface area contributed by atoms with Crippen LogP contribution in [-0.4, -0.2) is 24.7 Å². The predicted octanol–water partition coefficient (Wildman–Crippen LogP) is 0.546. The molecule has 0 spiro atoms. The van der Waals surface area contributed by atoms with E-state index in [0.29, 0.717) is 24.6 Å². The number of rotatable bonds is 2. The minimum Gasteiger partial charge on any atom is -0.466 e. The molecule has 2 saturated heterocycles. The first-order valence-electron chi connectivity index (χ1n) is 4.66. The van der Waals surface area contributed by atoms with Crippen molar-refractivity contribution in [3.05, 3.63) is 0 Å². The number of esters is 1. The second kappa shape index (κ2) is 2.73. The monoisotopic (exact) mass is 169 g/mol. The Hall–Kier alpha value is -0.570. The van der Waals surface area contributed by atoms with Crippen LogP contribution in [0.2, 0.25) is 0 Å². The summed E-state index contributed by atoms with van der Waals surface area (Å²) >= 11 is 0. The van der Waals surface area contributed by atoms with Crippen molar-refractivity contribution in [1.82, 2.24) is 5.32 Å². The number of carbonyl (C=O) groups excluding carboxylic acids is 1. The molecule has 1 saturated carbocycles. The molecule has 2 aliphatic heterocycles. The van der Waals surface area contributed by atoms with Gasteiger partial charge in [-0.2, -0.15) is 0 Å². The Morgan fingerprint density at radius 1 is 1.67 bits per heavy atom. The maximum absolute atomic E-state index is 11.4. The second-order valence-corrected chi connectivity index (χ2v) is 3.74. The Balaban J connectivity index is 1.96. The third-order valence-electron chi connectivity index (χ3n) is 3.10. The van der Waals surface area contributed by atoms with Gasteiger partial charge in [-0.1, -0.05) is 0 Å². The molecule has 0 radical (unpaired) electrons. The zero-order valence-electron chi connectivity index (χ0n) is 7.54. The predicted molar refractivity (Wildman–Crippen MR) is 44.6 cm³/mol. The van der Waals surface area contributed by atoms with Crippen LogP contribution in [-0.2, 0) is 9.53 Å². The molecule has 3 nitrogen and oxygen atoms in total. The third kappa shape index (κ3) is 0.959. The first-order valence-corrected chi connectivity index (χ1v) is 4.66. The van der Waals surface area contributed by atoms with Gasteiger partial charge in [0.05, 0.1) is 12.5 Å². The van der Waals surface area contributed by atoms with E-state index in [-0.39, 0.29) is 11.9 Å². The average Bonchev–Trinajstić information content (AvgIpc) is 2.43. The maximum atomic E-state index is 11.4. The van der Waals surface area contributed by atoms with Gasteiger partial charge in [0.25, 0.3) is 0 Å². The summed E-state index contributed by atoms with van der Waals surface area (Å²) in [4.78, 5) is 11.4. The number of carbonyl (C=O) groups is 1. The van der Waals surface area contributed by atoms with Gasteiger partial charge >= 0.3 is 5.97 Å². The lowest BCUT2D eigenvalue weighted by molar-refractivity contribution is -0.153. The van der Waals surface area contributed by atoms with Crippen LogP contribution < -0.4 is 5.32 Å². The summed E-state index contributed by atoms with van der Waals surface area (Å²) in [5.41, 5.74) is 0. The summed E-state index contributed by atoms with van der Waals surface area (Å²) in [5, 5.41) is 3.38. The van der Waals surface area contributed by atoms with Crippen LogP contribution in [0.4, 0.5) is 0 Å². The molecular weight excluding hydrogens is 154 g/mol. The van der Waals surface area contributed by atoms with E-state index in [1.165, 1.54) is 0 Å². The second-order valence-electron chi connectivity index (χ2n) is 3.74. The van der Waals surface area contributed by atoms with E-state index in [1.807, 2.05) is 6.92 Å². The van der Waals surface area contributed by atoms with Gasteiger partial charge in [0.15, 0.2) is 0 Å². The van der Waals surface area contributed by atoms with E-state index in [1.54, 1.807) is 0 Å². The standard InChI is InChI=1S/C9H15NO2/c1-3-12-9(11)8-6-4-7(8)10-5(6)2/h5-8,10H,3-4H2,1-2H3/t5-,6-,7-,8+/m0/s1. The Bertz CT molecular complexity index is 205. The first-order chi connectivity index (χ1) is 5.74. The molecular formula is C9H15NO2. The van der Waals surface area contributed by atoms with Crippen LogP contribution in [0.25, 0.3) is 0 Å². The minimum absolute atomic E-state index is 0.00407. The fourth-order valence-electron chi connectivity index (χ4n) is 2.41. The van der Waals surface area contributed by atoms with Gasteiger partial charge in [0.2, 0.25) is 0 Å². The van der Waals surface area contributed by atoms with Crippen LogP contribution in [0.5, 0.6) is 0 Å². The number of fused-ring (bicyclic) bond motifs is 1. The topological polar surface area (TPSA) is 38.3 Å².